The number of carbonyl (C=O) groups excluding carboxylic acids is 1. The van der Waals surface area contributed by atoms with Crippen LogP contribution in [-0.4, -0.2) is 26.2 Å². The zero-order valence-electron chi connectivity index (χ0n) is 11.6. The molecule has 3 aromatic rings. The molecule has 3 heterocycles. The molecule has 2 amide bonds. The summed E-state index contributed by atoms with van der Waals surface area (Å²) < 4.78 is 0. The molecule has 0 saturated carbocycles. The van der Waals surface area contributed by atoms with Gasteiger partial charge in [0.1, 0.15) is 5.82 Å². The molecular formula is C14H12N6OS. The first-order valence-electron chi connectivity index (χ1n) is 6.46. The van der Waals surface area contributed by atoms with Crippen molar-refractivity contribution in [3.63, 3.8) is 0 Å². The van der Waals surface area contributed by atoms with E-state index in [1.54, 1.807) is 18.5 Å². The van der Waals surface area contributed by atoms with Crippen molar-refractivity contribution in [1.29, 1.82) is 0 Å². The van der Waals surface area contributed by atoms with Crippen molar-refractivity contribution in [3.05, 3.63) is 48.4 Å². The van der Waals surface area contributed by atoms with Crippen LogP contribution in [0.4, 0.5) is 15.7 Å². The monoisotopic (exact) mass is 312 g/mol. The van der Waals surface area contributed by atoms with Gasteiger partial charge in [-0.25, -0.2) is 9.78 Å². The fourth-order valence-electron chi connectivity index (χ4n) is 1.74. The maximum Gasteiger partial charge on any atom is 0.326 e. The second-order valence-corrected chi connectivity index (χ2v) is 5.37. The molecule has 8 heteroatoms. The highest BCUT2D eigenvalue weighted by Crippen LogP contribution is 2.25. The first-order valence-corrected chi connectivity index (χ1v) is 7.28. The fourth-order valence-corrected chi connectivity index (χ4v) is 2.47. The van der Waals surface area contributed by atoms with Gasteiger partial charge in [0.2, 0.25) is 5.13 Å². The van der Waals surface area contributed by atoms with Gasteiger partial charge < -0.3 is 0 Å². The number of amides is 2. The Hall–Kier alpha value is -2.87. The van der Waals surface area contributed by atoms with E-state index in [2.05, 4.69) is 30.8 Å². The number of anilines is 2. The van der Waals surface area contributed by atoms with Crippen LogP contribution < -0.4 is 10.6 Å². The number of hydrogen-bond donors (Lipinski definition) is 2. The van der Waals surface area contributed by atoms with Crippen molar-refractivity contribution in [2.75, 3.05) is 10.6 Å². The van der Waals surface area contributed by atoms with Crippen LogP contribution in [0.3, 0.4) is 0 Å². The molecular weight excluding hydrogens is 300 g/mol. The predicted octanol–water partition coefficient (Wildman–Crippen LogP) is 2.95. The average molecular weight is 312 g/mol. The molecule has 3 aromatic heterocycles. The van der Waals surface area contributed by atoms with Crippen molar-refractivity contribution < 1.29 is 4.79 Å². The Bertz CT molecular complexity index is 789. The van der Waals surface area contributed by atoms with Gasteiger partial charge in [-0.1, -0.05) is 17.4 Å². The van der Waals surface area contributed by atoms with E-state index >= 15 is 0 Å². The largest absolute Gasteiger partial charge is 0.326 e. The lowest BCUT2D eigenvalue weighted by Gasteiger charge is -2.04. The molecule has 0 aliphatic carbocycles. The molecule has 0 fully saturated rings. The topological polar surface area (TPSA) is 92.7 Å². The average Bonchev–Trinajstić information content (AvgIpc) is 2.96. The van der Waals surface area contributed by atoms with Crippen molar-refractivity contribution in [2.24, 2.45) is 0 Å². The van der Waals surface area contributed by atoms with Crippen molar-refractivity contribution >= 4 is 28.3 Å². The van der Waals surface area contributed by atoms with Gasteiger partial charge in [0.05, 0.1) is 0 Å². The first kappa shape index (κ1) is 14.1. The van der Waals surface area contributed by atoms with E-state index in [4.69, 9.17) is 0 Å². The van der Waals surface area contributed by atoms with Gasteiger partial charge in [-0.15, -0.1) is 10.2 Å². The molecule has 0 spiro atoms. The Labute approximate surface area is 130 Å². The van der Waals surface area contributed by atoms with Gasteiger partial charge >= 0.3 is 6.03 Å². The maximum atomic E-state index is 11.9. The Kier molecular flexibility index (Phi) is 4.01. The third kappa shape index (κ3) is 3.41. The zero-order chi connectivity index (χ0) is 15.4. The number of urea groups is 1. The zero-order valence-corrected chi connectivity index (χ0v) is 12.5. The lowest BCUT2D eigenvalue weighted by molar-refractivity contribution is 0.262. The molecule has 0 saturated heterocycles. The van der Waals surface area contributed by atoms with E-state index in [1.807, 2.05) is 31.2 Å². The molecule has 110 valence electrons. The quantitative estimate of drug-likeness (QED) is 0.775. The number of nitrogens with zero attached hydrogens (tertiary/aromatic N) is 4. The molecule has 0 unspecified atom stereocenters. The van der Waals surface area contributed by atoms with Gasteiger partial charge in [-0.3, -0.25) is 15.6 Å². The molecule has 0 aliphatic heterocycles. The van der Waals surface area contributed by atoms with Crippen LogP contribution >= 0.6 is 11.3 Å². The van der Waals surface area contributed by atoms with Crippen molar-refractivity contribution in [2.45, 2.75) is 6.92 Å². The third-order valence-corrected chi connectivity index (χ3v) is 3.57. The van der Waals surface area contributed by atoms with Crippen LogP contribution in [0, 0.1) is 6.92 Å². The minimum atomic E-state index is -0.410. The molecule has 3 rings (SSSR count). The summed E-state index contributed by atoms with van der Waals surface area (Å²) in [6.07, 6.45) is 3.38. The normalized spacial score (nSPS) is 10.2. The standard InChI is InChI=1S/C14H12N6OS/c1-9-4-2-6-11(16-9)17-13(21)18-14-20-19-12(22-14)10-5-3-7-15-8-10/h2-8H,1H3,(H2,16,17,18,20,21). The van der Waals surface area contributed by atoms with Gasteiger partial charge in [-0.2, -0.15) is 0 Å². The molecule has 22 heavy (non-hydrogen) atoms. The highest BCUT2D eigenvalue weighted by molar-refractivity contribution is 7.18. The van der Waals surface area contributed by atoms with E-state index in [1.165, 1.54) is 11.3 Å². The maximum absolute atomic E-state index is 11.9. The van der Waals surface area contributed by atoms with Gasteiger partial charge in [0, 0.05) is 23.7 Å². The van der Waals surface area contributed by atoms with Gasteiger partial charge in [-0.05, 0) is 31.2 Å². The van der Waals surface area contributed by atoms with Crippen LogP contribution in [0.2, 0.25) is 0 Å². The third-order valence-electron chi connectivity index (χ3n) is 2.68. The summed E-state index contributed by atoms with van der Waals surface area (Å²) in [5.41, 5.74) is 1.68. The summed E-state index contributed by atoms with van der Waals surface area (Å²) in [5.74, 6) is 0.481. The Morgan fingerprint density at radius 1 is 1.14 bits per heavy atom. The minimum Gasteiger partial charge on any atom is -0.292 e. The van der Waals surface area contributed by atoms with Crippen LogP contribution in [0.25, 0.3) is 10.6 Å². The number of pyridine rings is 2. The second kappa shape index (κ2) is 6.27. The number of aryl methyl sites for hydroxylation is 1. The number of nitrogens with one attached hydrogen (secondary N) is 2. The highest BCUT2D eigenvalue weighted by Gasteiger charge is 2.10. The molecule has 0 aromatic carbocycles. The van der Waals surface area contributed by atoms with Gasteiger partial charge in [0.25, 0.3) is 0 Å². The molecule has 0 bridgehead atoms. The lowest BCUT2D eigenvalue weighted by atomic mass is 10.3. The van der Waals surface area contributed by atoms with Gasteiger partial charge in [0.15, 0.2) is 5.01 Å². The molecule has 0 atom stereocenters. The number of carbonyl (C=O) groups is 1. The summed E-state index contributed by atoms with van der Waals surface area (Å²) in [6.45, 7) is 1.86. The molecule has 0 aliphatic rings. The smallest absolute Gasteiger partial charge is 0.292 e. The van der Waals surface area contributed by atoms with Crippen LogP contribution in [0.15, 0.2) is 42.7 Å². The van der Waals surface area contributed by atoms with Crippen molar-refractivity contribution in [3.8, 4) is 10.6 Å². The van der Waals surface area contributed by atoms with E-state index < -0.39 is 6.03 Å². The summed E-state index contributed by atoms with van der Waals surface area (Å²) in [7, 11) is 0. The summed E-state index contributed by atoms with van der Waals surface area (Å²) in [4.78, 5) is 20.1. The van der Waals surface area contributed by atoms with E-state index in [9.17, 15) is 4.79 Å². The molecule has 2 N–H and O–H groups in total. The summed E-state index contributed by atoms with van der Waals surface area (Å²) in [6, 6.07) is 8.69. The summed E-state index contributed by atoms with van der Waals surface area (Å²) in [5, 5.41) is 14.3. The lowest BCUT2D eigenvalue weighted by Crippen LogP contribution is -2.20. The van der Waals surface area contributed by atoms with E-state index in [-0.39, 0.29) is 0 Å². The van der Waals surface area contributed by atoms with Crippen LogP contribution in [0.5, 0.6) is 0 Å². The molecule has 0 radical (unpaired) electrons. The molecule has 7 nitrogen and oxygen atoms in total. The summed E-state index contributed by atoms with van der Waals surface area (Å²) >= 11 is 1.27. The van der Waals surface area contributed by atoms with E-state index in [0.29, 0.717) is 16.0 Å². The number of rotatable bonds is 3. The predicted molar refractivity (Wildman–Crippen MR) is 84.8 cm³/mol. The highest BCUT2D eigenvalue weighted by atomic mass is 32.1. The minimum absolute atomic E-state index is 0.406. The Balaban J connectivity index is 1.66. The van der Waals surface area contributed by atoms with Crippen molar-refractivity contribution in [1.82, 2.24) is 20.2 Å². The van der Waals surface area contributed by atoms with Crippen LogP contribution in [-0.2, 0) is 0 Å². The fraction of sp³-hybridized carbons (Fsp3) is 0.0714. The second-order valence-electron chi connectivity index (χ2n) is 4.40. The SMILES string of the molecule is Cc1cccc(NC(=O)Nc2nnc(-c3cccnc3)s2)n1. The Morgan fingerprint density at radius 2 is 2.05 bits per heavy atom. The van der Waals surface area contributed by atoms with Crippen LogP contribution in [0.1, 0.15) is 5.69 Å². The number of aromatic nitrogens is 4. The first-order chi connectivity index (χ1) is 10.7. The number of hydrogen-bond acceptors (Lipinski definition) is 6. The Morgan fingerprint density at radius 3 is 2.82 bits per heavy atom. The van der Waals surface area contributed by atoms with E-state index in [0.717, 1.165) is 11.3 Å².